The molecule has 19 heavy (non-hydrogen) atoms. The molecule has 0 fully saturated rings. The number of thiocarbonyl (C=S) groups is 1. The van der Waals surface area contributed by atoms with Gasteiger partial charge in [-0.3, -0.25) is 0 Å². The molecule has 1 aromatic carbocycles. The van der Waals surface area contributed by atoms with Gasteiger partial charge in [0.1, 0.15) is 4.99 Å². The molecule has 1 unspecified atom stereocenters. The van der Waals surface area contributed by atoms with Crippen molar-refractivity contribution in [1.29, 1.82) is 0 Å². The zero-order chi connectivity index (χ0) is 14.6. The van der Waals surface area contributed by atoms with Crippen LogP contribution in [0, 0.1) is 17.6 Å². The van der Waals surface area contributed by atoms with Crippen LogP contribution in [0.5, 0.6) is 0 Å². The molecule has 106 valence electrons. The molecule has 0 amide bonds. The van der Waals surface area contributed by atoms with Gasteiger partial charge in [0, 0.05) is 11.6 Å². The summed E-state index contributed by atoms with van der Waals surface area (Å²) in [6.07, 6.45) is 1.93. The van der Waals surface area contributed by atoms with Gasteiger partial charge in [-0.15, -0.1) is 0 Å². The number of hydrogen-bond donors (Lipinski definition) is 2. The number of benzene rings is 1. The monoisotopic (exact) mass is 286 g/mol. The van der Waals surface area contributed by atoms with Crippen LogP contribution in [0.4, 0.5) is 14.5 Å². The Labute approximate surface area is 118 Å². The highest BCUT2D eigenvalue weighted by molar-refractivity contribution is 7.80. The van der Waals surface area contributed by atoms with Crippen LogP contribution in [0.2, 0.25) is 0 Å². The first-order valence-electron chi connectivity index (χ1n) is 6.37. The van der Waals surface area contributed by atoms with Crippen molar-refractivity contribution in [3.8, 4) is 0 Å². The average Bonchev–Trinajstić information content (AvgIpc) is 2.32. The molecule has 0 saturated heterocycles. The van der Waals surface area contributed by atoms with Gasteiger partial charge in [0.05, 0.1) is 5.69 Å². The standard InChI is InChI=1S/C14H20F2N2S/c1-8(2)4-5-9(3)18-11-7-6-10(14(17)19)12(15)13(11)16/h6-9,18H,4-5H2,1-3H3,(H2,17,19). The van der Waals surface area contributed by atoms with Crippen molar-refractivity contribution in [1.82, 2.24) is 0 Å². The topological polar surface area (TPSA) is 38.0 Å². The van der Waals surface area contributed by atoms with Gasteiger partial charge in [0.2, 0.25) is 0 Å². The van der Waals surface area contributed by atoms with Gasteiger partial charge >= 0.3 is 0 Å². The Bertz CT molecular complexity index is 461. The highest BCUT2D eigenvalue weighted by atomic mass is 32.1. The lowest BCUT2D eigenvalue weighted by molar-refractivity contribution is 0.502. The van der Waals surface area contributed by atoms with Crippen LogP contribution >= 0.6 is 12.2 Å². The first-order chi connectivity index (χ1) is 8.82. The lowest BCUT2D eigenvalue weighted by Gasteiger charge is -2.17. The summed E-state index contributed by atoms with van der Waals surface area (Å²) in [6, 6.07) is 2.95. The number of hydrogen-bond acceptors (Lipinski definition) is 2. The Kier molecular flexibility index (Phi) is 5.66. The molecule has 0 aliphatic carbocycles. The molecule has 0 saturated carbocycles. The number of halogens is 2. The van der Waals surface area contributed by atoms with Gasteiger partial charge < -0.3 is 11.1 Å². The fraction of sp³-hybridized carbons (Fsp3) is 0.500. The van der Waals surface area contributed by atoms with E-state index in [4.69, 9.17) is 5.73 Å². The van der Waals surface area contributed by atoms with Crippen molar-refractivity contribution in [3.05, 3.63) is 29.3 Å². The quantitative estimate of drug-likeness (QED) is 0.780. The largest absolute Gasteiger partial charge is 0.389 e. The van der Waals surface area contributed by atoms with E-state index in [0.717, 1.165) is 12.8 Å². The van der Waals surface area contributed by atoms with Crippen molar-refractivity contribution in [2.75, 3.05) is 5.32 Å². The summed E-state index contributed by atoms with van der Waals surface area (Å²) in [6.45, 7) is 6.20. The molecule has 0 radical (unpaired) electrons. The maximum Gasteiger partial charge on any atom is 0.182 e. The molecule has 1 aromatic rings. The fourth-order valence-electron chi connectivity index (χ4n) is 1.77. The van der Waals surface area contributed by atoms with Crippen molar-refractivity contribution in [3.63, 3.8) is 0 Å². The summed E-state index contributed by atoms with van der Waals surface area (Å²) in [4.78, 5) is -0.143. The first kappa shape index (κ1) is 15.8. The summed E-state index contributed by atoms with van der Waals surface area (Å²) < 4.78 is 27.5. The summed E-state index contributed by atoms with van der Waals surface area (Å²) >= 11 is 4.66. The van der Waals surface area contributed by atoms with Gasteiger partial charge in [0.25, 0.3) is 0 Å². The van der Waals surface area contributed by atoms with Gasteiger partial charge in [-0.05, 0) is 37.8 Å². The Morgan fingerprint density at radius 3 is 2.37 bits per heavy atom. The molecule has 1 atom stereocenters. The van der Waals surface area contributed by atoms with Crippen molar-refractivity contribution >= 4 is 22.9 Å². The van der Waals surface area contributed by atoms with Crippen LogP contribution in [0.3, 0.4) is 0 Å². The van der Waals surface area contributed by atoms with E-state index in [1.165, 1.54) is 12.1 Å². The molecular formula is C14H20F2N2S. The number of nitrogens with two attached hydrogens (primary N) is 1. The van der Waals surface area contributed by atoms with E-state index in [0.29, 0.717) is 5.92 Å². The Morgan fingerprint density at radius 1 is 1.21 bits per heavy atom. The smallest absolute Gasteiger partial charge is 0.182 e. The van der Waals surface area contributed by atoms with Crippen molar-refractivity contribution < 1.29 is 8.78 Å². The minimum atomic E-state index is -0.992. The van der Waals surface area contributed by atoms with Gasteiger partial charge in [-0.1, -0.05) is 26.1 Å². The molecule has 0 aliphatic rings. The SMILES string of the molecule is CC(C)CCC(C)Nc1ccc(C(N)=S)c(F)c1F. The van der Waals surface area contributed by atoms with Crippen LogP contribution in [0.25, 0.3) is 0 Å². The fourth-order valence-corrected chi connectivity index (χ4v) is 1.93. The third-order valence-corrected chi connectivity index (χ3v) is 3.15. The normalized spacial score (nSPS) is 12.5. The summed E-state index contributed by atoms with van der Waals surface area (Å²) in [5.74, 6) is -1.34. The molecule has 5 heteroatoms. The summed E-state index contributed by atoms with van der Waals surface area (Å²) in [5, 5.41) is 2.97. The third kappa shape index (κ3) is 4.42. The predicted molar refractivity (Wildman–Crippen MR) is 79.4 cm³/mol. The van der Waals surface area contributed by atoms with E-state index in [2.05, 4.69) is 31.4 Å². The van der Waals surface area contributed by atoms with Crippen LogP contribution in [-0.2, 0) is 0 Å². The molecule has 0 aromatic heterocycles. The molecule has 2 nitrogen and oxygen atoms in total. The second kappa shape index (κ2) is 6.80. The van der Waals surface area contributed by atoms with Crippen LogP contribution in [0.1, 0.15) is 39.2 Å². The number of anilines is 1. The molecular weight excluding hydrogens is 266 g/mol. The van der Waals surface area contributed by atoms with E-state index in [9.17, 15) is 8.78 Å². The summed E-state index contributed by atoms with van der Waals surface area (Å²) in [7, 11) is 0. The van der Waals surface area contributed by atoms with E-state index in [1.807, 2.05) is 6.92 Å². The van der Waals surface area contributed by atoms with Crippen LogP contribution < -0.4 is 11.1 Å². The van der Waals surface area contributed by atoms with Crippen LogP contribution in [-0.4, -0.2) is 11.0 Å². The molecule has 0 bridgehead atoms. The van der Waals surface area contributed by atoms with Crippen LogP contribution in [0.15, 0.2) is 12.1 Å². The van der Waals surface area contributed by atoms with Gasteiger partial charge in [-0.25, -0.2) is 8.78 Å². The van der Waals surface area contributed by atoms with Crippen molar-refractivity contribution in [2.45, 2.75) is 39.7 Å². The third-order valence-electron chi connectivity index (χ3n) is 2.93. The molecule has 3 N–H and O–H groups in total. The van der Waals surface area contributed by atoms with E-state index in [-0.39, 0.29) is 22.3 Å². The van der Waals surface area contributed by atoms with E-state index >= 15 is 0 Å². The highest BCUT2D eigenvalue weighted by Crippen LogP contribution is 2.22. The summed E-state index contributed by atoms with van der Waals surface area (Å²) in [5.41, 5.74) is 5.41. The zero-order valence-corrected chi connectivity index (χ0v) is 12.3. The molecule has 1 rings (SSSR count). The average molecular weight is 286 g/mol. The second-order valence-electron chi connectivity index (χ2n) is 5.17. The maximum absolute atomic E-state index is 13.8. The number of rotatable bonds is 6. The van der Waals surface area contributed by atoms with Gasteiger partial charge in [-0.2, -0.15) is 0 Å². The van der Waals surface area contributed by atoms with E-state index in [1.54, 1.807) is 0 Å². The molecule has 0 aliphatic heterocycles. The minimum Gasteiger partial charge on any atom is -0.389 e. The molecule has 0 heterocycles. The maximum atomic E-state index is 13.8. The first-order valence-corrected chi connectivity index (χ1v) is 6.78. The molecule has 0 spiro atoms. The lowest BCUT2D eigenvalue weighted by atomic mass is 10.0. The zero-order valence-electron chi connectivity index (χ0n) is 11.5. The number of nitrogens with one attached hydrogen (secondary N) is 1. The Balaban J connectivity index is 2.80. The Morgan fingerprint density at radius 2 is 1.84 bits per heavy atom. The lowest BCUT2D eigenvalue weighted by Crippen LogP contribution is -2.19. The van der Waals surface area contributed by atoms with Crippen molar-refractivity contribution in [2.24, 2.45) is 11.7 Å². The highest BCUT2D eigenvalue weighted by Gasteiger charge is 2.16. The Hall–Kier alpha value is -1.23. The van der Waals surface area contributed by atoms with Gasteiger partial charge in [0.15, 0.2) is 11.6 Å². The van der Waals surface area contributed by atoms with E-state index < -0.39 is 11.6 Å². The predicted octanol–water partition coefficient (Wildman–Crippen LogP) is 3.84. The second-order valence-corrected chi connectivity index (χ2v) is 5.61. The minimum absolute atomic E-state index is 0.0621.